The second-order valence-corrected chi connectivity index (χ2v) is 6.49. The van der Waals surface area contributed by atoms with E-state index < -0.39 is 5.60 Å². The summed E-state index contributed by atoms with van der Waals surface area (Å²) in [7, 11) is 0. The zero-order valence-electron chi connectivity index (χ0n) is 14.7. The van der Waals surface area contributed by atoms with Crippen LogP contribution < -0.4 is 0 Å². The van der Waals surface area contributed by atoms with Gasteiger partial charge in [-0.05, 0) is 29.7 Å². The summed E-state index contributed by atoms with van der Waals surface area (Å²) in [6.07, 6.45) is 4.40. The van der Waals surface area contributed by atoms with E-state index in [1.165, 1.54) is 12.1 Å². The molecule has 0 radical (unpaired) electrons. The molecule has 7 heteroatoms. The molecular formula is C19H22FN3O3. The van der Waals surface area contributed by atoms with Gasteiger partial charge in [-0.1, -0.05) is 19.1 Å². The Morgan fingerprint density at radius 3 is 2.77 bits per heavy atom. The van der Waals surface area contributed by atoms with Crippen molar-refractivity contribution in [3.05, 3.63) is 59.4 Å². The van der Waals surface area contributed by atoms with Gasteiger partial charge in [-0.3, -0.25) is 4.79 Å². The highest BCUT2D eigenvalue weighted by atomic mass is 19.1. The van der Waals surface area contributed by atoms with E-state index in [1.807, 2.05) is 6.92 Å². The maximum atomic E-state index is 13.5. The Hall–Kier alpha value is -2.38. The molecule has 1 aromatic carbocycles. The molecule has 0 spiro atoms. The van der Waals surface area contributed by atoms with Gasteiger partial charge >= 0.3 is 0 Å². The minimum atomic E-state index is -0.967. The zero-order valence-corrected chi connectivity index (χ0v) is 14.7. The first-order chi connectivity index (χ1) is 12.5. The average molecular weight is 359 g/mol. The number of aliphatic hydroxyl groups is 1. The number of carbonyl (C=O) groups excluding carboxylic acids is 1. The van der Waals surface area contributed by atoms with Gasteiger partial charge in [0.2, 0.25) is 5.82 Å². The number of halogens is 1. The largest absolute Gasteiger partial charge is 0.393 e. The molecule has 1 aromatic heterocycles. The summed E-state index contributed by atoms with van der Waals surface area (Å²) < 4.78 is 19.3. The molecule has 1 fully saturated rings. The van der Waals surface area contributed by atoms with Crippen molar-refractivity contribution >= 4 is 5.91 Å². The topological polar surface area (TPSA) is 75.6 Å². The van der Waals surface area contributed by atoms with Gasteiger partial charge in [-0.25, -0.2) is 14.4 Å². The second kappa shape index (κ2) is 7.88. The van der Waals surface area contributed by atoms with Crippen molar-refractivity contribution in [2.24, 2.45) is 0 Å². The van der Waals surface area contributed by atoms with E-state index in [0.29, 0.717) is 18.5 Å². The molecule has 0 saturated carbocycles. The third-order valence-electron chi connectivity index (χ3n) is 4.54. The van der Waals surface area contributed by atoms with Gasteiger partial charge < -0.3 is 14.7 Å². The van der Waals surface area contributed by atoms with E-state index in [9.17, 15) is 14.3 Å². The van der Waals surface area contributed by atoms with Crippen molar-refractivity contribution in [3.63, 3.8) is 0 Å². The van der Waals surface area contributed by atoms with Gasteiger partial charge in [0.15, 0.2) is 0 Å². The number of rotatable bonds is 5. The predicted molar refractivity (Wildman–Crippen MR) is 93.2 cm³/mol. The van der Waals surface area contributed by atoms with E-state index in [0.717, 1.165) is 12.0 Å². The summed E-state index contributed by atoms with van der Waals surface area (Å²) in [6, 6.07) is 6.17. The summed E-state index contributed by atoms with van der Waals surface area (Å²) in [5, 5.41) is 9.92. The maximum Gasteiger partial charge on any atom is 0.291 e. The number of morpholine rings is 1. The maximum absolute atomic E-state index is 13.5. The molecule has 2 aromatic rings. The van der Waals surface area contributed by atoms with Gasteiger partial charge in [0, 0.05) is 25.4 Å². The molecule has 0 bridgehead atoms. The zero-order chi connectivity index (χ0) is 18.6. The minimum Gasteiger partial charge on any atom is -0.393 e. The van der Waals surface area contributed by atoms with Gasteiger partial charge in [0.1, 0.15) is 11.4 Å². The Kier molecular flexibility index (Phi) is 5.58. The normalized spacial score (nSPS) is 20.2. The number of aromatic nitrogens is 2. The fraction of sp³-hybridized carbons (Fsp3) is 0.421. The molecule has 1 N–H and O–H groups in total. The molecule has 1 aliphatic rings. The lowest BCUT2D eigenvalue weighted by atomic mass is 9.93. The van der Waals surface area contributed by atoms with Crippen LogP contribution in [-0.4, -0.2) is 57.8 Å². The van der Waals surface area contributed by atoms with Crippen LogP contribution in [0.25, 0.3) is 0 Å². The van der Waals surface area contributed by atoms with Crippen LogP contribution in [0.3, 0.4) is 0 Å². The van der Waals surface area contributed by atoms with Crippen LogP contribution in [0.5, 0.6) is 0 Å². The number of carbonyl (C=O) groups is 1. The van der Waals surface area contributed by atoms with Crippen molar-refractivity contribution < 1.29 is 19.0 Å². The highest BCUT2D eigenvalue weighted by Crippen LogP contribution is 2.24. The van der Waals surface area contributed by atoms with Gasteiger partial charge in [-0.2, -0.15) is 0 Å². The van der Waals surface area contributed by atoms with Crippen molar-refractivity contribution in [1.29, 1.82) is 0 Å². The lowest BCUT2D eigenvalue weighted by Crippen LogP contribution is -2.57. The van der Waals surface area contributed by atoms with E-state index in [4.69, 9.17) is 4.74 Å². The minimum absolute atomic E-state index is 0.127. The first-order valence-electron chi connectivity index (χ1n) is 8.65. The number of aryl methyl sites for hydroxylation is 1. The van der Waals surface area contributed by atoms with Crippen molar-refractivity contribution in [3.8, 4) is 0 Å². The van der Waals surface area contributed by atoms with Crippen molar-refractivity contribution in [2.75, 3.05) is 26.3 Å². The van der Waals surface area contributed by atoms with E-state index in [1.54, 1.807) is 29.4 Å². The van der Waals surface area contributed by atoms with E-state index >= 15 is 0 Å². The van der Waals surface area contributed by atoms with Crippen LogP contribution in [0, 0.1) is 5.82 Å². The molecule has 26 heavy (non-hydrogen) atoms. The number of amides is 1. The van der Waals surface area contributed by atoms with Gasteiger partial charge in [0.25, 0.3) is 5.91 Å². The second-order valence-electron chi connectivity index (χ2n) is 6.49. The summed E-state index contributed by atoms with van der Waals surface area (Å²) in [4.78, 5) is 22.6. The fourth-order valence-corrected chi connectivity index (χ4v) is 3.08. The molecule has 1 aliphatic heterocycles. The molecule has 2 heterocycles. The molecule has 3 rings (SSSR count). The number of aliphatic hydroxyl groups excluding tert-OH is 1. The van der Waals surface area contributed by atoms with Crippen LogP contribution in [0.2, 0.25) is 0 Å². The predicted octanol–water partition coefficient (Wildman–Crippen LogP) is 1.62. The Balaban J connectivity index is 1.76. The average Bonchev–Trinajstić information content (AvgIpc) is 2.67. The van der Waals surface area contributed by atoms with Crippen LogP contribution in [0.4, 0.5) is 4.39 Å². The Labute approximate surface area is 151 Å². The number of ether oxygens (including phenoxy) is 1. The first-order valence-corrected chi connectivity index (χ1v) is 8.65. The van der Waals surface area contributed by atoms with E-state index in [-0.39, 0.29) is 37.3 Å². The summed E-state index contributed by atoms with van der Waals surface area (Å²) in [5.74, 6) is -0.515. The summed E-state index contributed by atoms with van der Waals surface area (Å²) in [5.41, 5.74) is 0.696. The number of nitrogens with zero attached hydrogens (tertiary/aromatic N) is 3. The standard InChI is InChI=1S/C19H22FN3O3/c1-2-14-10-21-17(22-11-14)18(25)23-6-7-26-19(12-23,13-24)9-15-4-3-5-16(20)8-15/h3-5,8,10-11,24H,2,6-7,9,12-13H2,1H3/t19-/m1/s1. The highest BCUT2D eigenvalue weighted by Gasteiger charge is 2.39. The highest BCUT2D eigenvalue weighted by molar-refractivity contribution is 5.90. The van der Waals surface area contributed by atoms with Crippen LogP contribution >= 0.6 is 0 Å². The van der Waals surface area contributed by atoms with Crippen LogP contribution in [0.1, 0.15) is 28.7 Å². The molecule has 0 unspecified atom stereocenters. The van der Waals surface area contributed by atoms with Crippen LogP contribution in [0.15, 0.2) is 36.7 Å². The SMILES string of the molecule is CCc1cnc(C(=O)N2CCO[C@](CO)(Cc3cccc(F)c3)C2)nc1. The lowest BCUT2D eigenvalue weighted by Gasteiger charge is -2.41. The lowest BCUT2D eigenvalue weighted by molar-refractivity contribution is -0.123. The molecule has 6 nitrogen and oxygen atoms in total. The first kappa shape index (κ1) is 18.4. The molecular weight excluding hydrogens is 337 g/mol. The molecule has 1 saturated heterocycles. The quantitative estimate of drug-likeness (QED) is 0.878. The molecule has 1 amide bonds. The van der Waals surface area contributed by atoms with Crippen LogP contribution in [-0.2, 0) is 17.6 Å². The Morgan fingerprint density at radius 2 is 2.12 bits per heavy atom. The third-order valence-corrected chi connectivity index (χ3v) is 4.54. The number of benzene rings is 1. The van der Waals surface area contributed by atoms with Gasteiger partial charge in [-0.15, -0.1) is 0 Å². The molecule has 1 atom stereocenters. The molecule has 138 valence electrons. The van der Waals surface area contributed by atoms with Crippen molar-refractivity contribution in [1.82, 2.24) is 14.9 Å². The number of hydrogen-bond acceptors (Lipinski definition) is 5. The smallest absolute Gasteiger partial charge is 0.291 e. The summed E-state index contributed by atoms with van der Waals surface area (Å²) in [6.45, 7) is 2.59. The molecule has 0 aliphatic carbocycles. The van der Waals surface area contributed by atoms with Crippen molar-refractivity contribution in [2.45, 2.75) is 25.4 Å². The van der Waals surface area contributed by atoms with Gasteiger partial charge in [0.05, 0.1) is 19.8 Å². The monoisotopic (exact) mass is 359 g/mol. The fourth-order valence-electron chi connectivity index (χ4n) is 3.08. The summed E-state index contributed by atoms with van der Waals surface area (Å²) >= 11 is 0. The number of hydrogen-bond donors (Lipinski definition) is 1. The van der Waals surface area contributed by atoms with E-state index in [2.05, 4.69) is 9.97 Å². The Morgan fingerprint density at radius 1 is 1.35 bits per heavy atom. The third kappa shape index (κ3) is 4.05. The Bertz CT molecular complexity index is 769.